The van der Waals surface area contributed by atoms with Crippen LogP contribution in [0.5, 0.6) is 0 Å². The van der Waals surface area contributed by atoms with E-state index in [2.05, 4.69) is 10.1 Å². The lowest BCUT2D eigenvalue weighted by Gasteiger charge is -2.09. The van der Waals surface area contributed by atoms with E-state index >= 15 is 0 Å². The highest BCUT2D eigenvalue weighted by molar-refractivity contribution is 6.33. The molecule has 26 heavy (non-hydrogen) atoms. The number of benzene rings is 2. The minimum atomic E-state index is -0.496. The minimum absolute atomic E-state index is 0.133. The molecule has 0 saturated heterocycles. The first-order valence-corrected chi connectivity index (χ1v) is 8.42. The molecule has 6 heteroatoms. The topological polar surface area (TPSA) is 68.5 Å². The highest BCUT2D eigenvalue weighted by Crippen LogP contribution is 2.28. The highest BCUT2D eigenvalue weighted by Gasteiger charge is 2.15. The van der Waals surface area contributed by atoms with Gasteiger partial charge in [0.25, 0.3) is 0 Å². The molecule has 0 unspecified atom stereocenters. The van der Waals surface area contributed by atoms with Crippen molar-refractivity contribution in [3.05, 3.63) is 63.9 Å². The zero-order valence-electron chi connectivity index (χ0n) is 14.7. The van der Waals surface area contributed by atoms with Gasteiger partial charge in [0.05, 0.1) is 36.1 Å². The number of nitrogens with one attached hydrogen (secondary N) is 1. The lowest BCUT2D eigenvalue weighted by molar-refractivity contribution is -0.115. The van der Waals surface area contributed by atoms with Crippen LogP contribution in [0.2, 0.25) is 5.02 Å². The fourth-order valence-electron chi connectivity index (χ4n) is 2.76. The summed E-state index contributed by atoms with van der Waals surface area (Å²) in [7, 11) is 1.29. The first kappa shape index (κ1) is 18.0. The zero-order valence-corrected chi connectivity index (χ0v) is 15.4. The number of amides is 1. The Labute approximate surface area is 155 Å². The van der Waals surface area contributed by atoms with E-state index in [0.29, 0.717) is 16.3 Å². The molecule has 1 amide bonds. The molecular formula is C20H18ClNO4. The third kappa shape index (κ3) is 3.44. The van der Waals surface area contributed by atoms with Crippen molar-refractivity contribution in [3.8, 4) is 0 Å². The fraction of sp³-hybridized carbons (Fsp3) is 0.200. The average molecular weight is 372 g/mol. The number of ether oxygens (including phenoxy) is 1. The van der Waals surface area contributed by atoms with Crippen LogP contribution in [0.25, 0.3) is 11.0 Å². The maximum atomic E-state index is 12.5. The molecule has 1 heterocycles. The number of rotatable bonds is 4. The summed E-state index contributed by atoms with van der Waals surface area (Å²) in [4.78, 5) is 24.1. The largest absolute Gasteiger partial charge is 0.465 e. The molecule has 3 aromatic rings. The molecule has 0 aliphatic heterocycles. The molecule has 5 nitrogen and oxygen atoms in total. The predicted molar refractivity (Wildman–Crippen MR) is 101 cm³/mol. The van der Waals surface area contributed by atoms with Gasteiger partial charge in [-0.15, -0.1) is 0 Å². The molecule has 2 aromatic carbocycles. The number of furan rings is 1. The second kappa shape index (κ2) is 7.22. The number of anilines is 1. The Balaban J connectivity index is 1.82. The third-order valence-corrected chi connectivity index (χ3v) is 4.68. The van der Waals surface area contributed by atoms with E-state index in [1.165, 1.54) is 13.2 Å². The highest BCUT2D eigenvalue weighted by atomic mass is 35.5. The van der Waals surface area contributed by atoms with Gasteiger partial charge in [-0.3, -0.25) is 4.79 Å². The minimum Gasteiger partial charge on any atom is -0.465 e. The molecule has 3 rings (SSSR count). The number of aryl methyl sites for hydroxylation is 2. The molecule has 0 fully saturated rings. The van der Waals surface area contributed by atoms with E-state index in [1.807, 2.05) is 26.0 Å². The van der Waals surface area contributed by atoms with Crippen LogP contribution < -0.4 is 5.32 Å². The lowest BCUT2D eigenvalue weighted by atomic mass is 10.0. The van der Waals surface area contributed by atoms with Gasteiger partial charge < -0.3 is 14.5 Å². The molecule has 1 N–H and O–H groups in total. The van der Waals surface area contributed by atoms with Crippen molar-refractivity contribution in [2.45, 2.75) is 20.3 Å². The van der Waals surface area contributed by atoms with Gasteiger partial charge in [-0.05, 0) is 43.2 Å². The number of carbonyl (C=O) groups excluding carboxylic acids is 2. The summed E-state index contributed by atoms with van der Waals surface area (Å²) in [6, 6.07) is 8.54. The van der Waals surface area contributed by atoms with E-state index in [-0.39, 0.29) is 12.3 Å². The van der Waals surface area contributed by atoms with Crippen LogP contribution >= 0.6 is 11.6 Å². The van der Waals surface area contributed by atoms with Gasteiger partial charge in [0.1, 0.15) is 5.58 Å². The van der Waals surface area contributed by atoms with Gasteiger partial charge in [-0.1, -0.05) is 23.7 Å². The summed E-state index contributed by atoms with van der Waals surface area (Å²) < 4.78 is 10.3. The molecule has 0 spiro atoms. The van der Waals surface area contributed by atoms with E-state index in [4.69, 9.17) is 16.0 Å². The van der Waals surface area contributed by atoms with E-state index < -0.39 is 5.97 Å². The Morgan fingerprint density at radius 2 is 1.96 bits per heavy atom. The first-order valence-electron chi connectivity index (χ1n) is 8.04. The summed E-state index contributed by atoms with van der Waals surface area (Å²) >= 11 is 6.12. The normalized spacial score (nSPS) is 10.8. The molecule has 1 aromatic heterocycles. The van der Waals surface area contributed by atoms with Gasteiger partial charge in [-0.2, -0.15) is 0 Å². The average Bonchev–Trinajstić information content (AvgIpc) is 3.02. The number of hydrogen-bond acceptors (Lipinski definition) is 4. The number of esters is 1. The molecule has 0 aliphatic rings. The third-order valence-electron chi connectivity index (χ3n) is 4.35. The number of carbonyl (C=O) groups is 2. The van der Waals surface area contributed by atoms with Crippen molar-refractivity contribution in [1.82, 2.24) is 0 Å². The van der Waals surface area contributed by atoms with Crippen LogP contribution in [0.1, 0.15) is 27.0 Å². The molecule has 0 radical (unpaired) electrons. The second-order valence-corrected chi connectivity index (χ2v) is 6.46. The number of hydrogen-bond donors (Lipinski definition) is 1. The molecule has 0 atom stereocenters. The van der Waals surface area contributed by atoms with E-state index in [0.717, 1.165) is 27.7 Å². The Kier molecular flexibility index (Phi) is 5.00. The monoisotopic (exact) mass is 371 g/mol. The van der Waals surface area contributed by atoms with Gasteiger partial charge in [-0.25, -0.2) is 4.79 Å². The summed E-state index contributed by atoms with van der Waals surface area (Å²) in [6.07, 6.45) is 1.73. The van der Waals surface area contributed by atoms with E-state index in [1.54, 1.807) is 18.4 Å². The Bertz CT molecular complexity index is 1010. The van der Waals surface area contributed by atoms with Gasteiger partial charge >= 0.3 is 5.97 Å². The van der Waals surface area contributed by atoms with Crippen LogP contribution in [-0.2, 0) is 16.0 Å². The first-order chi connectivity index (χ1) is 12.4. The number of halogens is 1. The van der Waals surface area contributed by atoms with Gasteiger partial charge in [0.2, 0.25) is 5.91 Å². The summed E-state index contributed by atoms with van der Waals surface area (Å²) in [5.74, 6) is -0.751. The standard InChI is InChI=1S/C20H18ClNO4/c1-11-4-6-15-14(10-26-19(15)12(11)2)9-18(23)22-17-8-13(20(24)25-3)5-7-16(17)21/h4-8,10H,9H2,1-3H3,(H,22,23). The molecule has 0 saturated carbocycles. The van der Waals surface area contributed by atoms with E-state index in [9.17, 15) is 9.59 Å². The van der Waals surface area contributed by atoms with Crippen molar-refractivity contribution in [2.75, 3.05) is 12.4 Å². The maximum absolute atomic E-state index is 12.5. The summed E-state index contributed by atoms with van der Waals surface area (Å²) in [5.41, 5.74) is 4.45. The van der Waals surface area contributed by atoms with Crippen LogP contribution in [0.15, 0.2) is 41.0 Å². The number of methoxy groups -OCH3 is 1. The van der Waals surface area contributed by atoms with Crippen molar-refractivity contribution < 1.29 is 18.7 Å². The maximum Gasteiger partial charge on any atom is 0.337 e. The lowest BCUT2D eigenvalue weighted by Crippen LogP contribution is -2.15. The van der Waals surface area contributed by atoms with Crippen LogP contribution in [-0.4, -0.2) is 19.0 Å². The van der Waals surface area contributed by atoms with Gasteiger partial charge in [0.15, 0.2) is 0 Å². The zero-order chi connectivity index (χ0) is 18.8. The quantitative estimate of drug-likeness (QED) is 0.676. The number of fused-ring (bicyclic) bond motifs is 1. The van der Waals surface area contributed by atoms with Crippen LogP contribution in [0.4, 0.5) is 5.69 Å². The van der Waals surface area contributed by atoms with Crippen molar-refractivity contribution >= 4 is 40.1 Å². The SMILES string of the molecule is COC(=O)c1ccc(Cl)c(NC(=O)Cc2coc3c(C)c(C)ccc23)c1. The Morgan fingerprint density at radius 1 is 1.19 bits per heavy atom. The smallest absolute Gasteiger partial charge is 0.337 e. The van der Waals surface area contributed by atoms with Crippen LogP contribution in [0.3, 0.4) is 0 Å². The second-order valence-electron chi connectivity index (χ2n) is 6.06. The molecule has 0 bridgehead atoms. The summed E-state index contributed by atoms with van der Waals surface area (Å²) in [6.45, 7) is 4.00. The van der Waals surface area contributed by atoms with Crippen LogP contribution in [0, 0.1) is 13.8 Å². The van der Waals surface area contributed by atoms with Gasteiger partial charge in [0, 0.05) is 10.9 Å². The molecule has 0 aliphatic carbocycles. The Morgan fingerprint density at radius 3 is 2.69 bits per heavy atom. The van der Waals surface area contributed by atoms with Crippen molar-refractivity contribution in [2.24, 2.45) is 0 Å². The Hall–Kier alpha value is -2.79. The summed E-state index contributed by atoms with van der Waals surface area (Å²) in [5, 5.41) is 3.99. The van der Waals surface area contributed by atoms with Crippen molar-refractivity contribution in [1.29, 1.82) is 0 Å². The molecule has 134 valence electrons. The van der Waals surface area contributed by atoms with Crippen molar-refractivity contribution in [3.63, 3.8) is 0 Å². The fourth-order valence-corrected chi connectivity index (χ4v) is 2.92. The predicted octanol–water partition coefficient (Wildman–Crippen LogP) is 4.67. The molecular weight excluding hydrogens is 354 g/mol.